The van der Waals surface area contributed by atoms with Crippen LogP contribution in [0.4, 0.5) is 5.69 Å². The van der Waals surface area contributed by atoms with Crippen LogP contribution in [0.1, 0.15) is 42.9 Å². The van der Waals surface area contributed by atoms with E-state index in [4.69, 9.17) is 10.7 Å². The maximum Gasteiger partial charge on any atom is 0.110 e. The first-order valence-corrected chi connectivity index (χ1v) is 11.4. The van der Waals surface area contributed by atoms with Crippen LogP contribution in [0.5, 0.6) is 0 Å². The number of unbranched alkanes of at least 4 members (excludes halogenated alkanes) is 1. The molecule has 0 bridgehead atoms. The molecule has 164 valence electrons. The van der Waals surface area contributed by atoms with Crippen molar-refractivity contribution in [1.82, 2.24) is 9.88 Å². The number of aromatic nitrogens is 1. The van der Waals surface area contributed by atoms with E-state index in [1.165, 1.54) is 23.4 Å². The minimum atomic E-state index is 0.507. The Kier molecular flexibility index (Phi) is 6.72. The highest BCUT2D eigenvalue weighted by molar-refractivity contribution is 5.64. The molecule has 0 saturated carbocycles. The fourth-order valence-corrected chi connectivity index (χ4v) is 4.19. The Morgan fingerprint density at radius 1 is 1.00 bits per heavy atom. The maximum atomic E-state index is 5.91. The number of anilines is 1. The zero-order chi connectivity index (χ0) is 22.5. The van der Waals surface area contributed by atoms with Gasteiger partial charge in [-0.25, -0.2) is 0 Å². The van der Waals surface area contributed by atoms with Crippen molar-refractivity contribution in [3.63, 3.8) is 0 Å². The molecule has 0 saturated heterocycles. The molecule has 32 heavy (non-hydrogen) atoms. The summed E-state index contributed by atoms with van der Waals surface area (Å²) in [5.41, 5.74) is 14.0. The van der Waals surface area contributed by atoms with Gasteiger partial charge in [0.05, 0.1) is 12.2 Å². The lowest BCUT2D eigenvalue weighted by molar-refractivity contribution is 0.416. The number of para-hydroxylation sites is 1. The van der Waals surface area contributed by atoms with Crippen LogP contribution in [0.15, 0.2) is 91.2 Å². The normalized spacial score (nSPS) is 13.6. The number of hydrogen-bond acceptors (Lipinski definition) is 4. The summed E-state index contributed by atoms with van der Waals surface area (Å²) in [6.07, 6.45) is 7.58. The third-order valence-corrected chi connectivity index (χ3v) is 6.05. The van der Waals surface area contributed by atoms with E-state index in [1.807, 2.05) is 18.3 Å². The molecule has 3 aromatic rings. The molecule has 4 heteroatoms. The van der Waals surface area contributed by atoms with Crippen LogP contribution >= 0.6 is 0 Å². The monoisotopic (exact) mass is 424 g/mol. The first-order chi connectivity index (χ1) is 15.6. The quantitative estimate of drug-likeness (QED) is 0.458. The number of rotatable bonds is 8. The van der Waals surface area contributed by atoms with Crippen molar-refractivity contribution in [3.05, 3.63) is 108 Å². The number of nitrogens with zero attached hydrogens (tertiary/aromatic N) is 3. The smallest absolute Gasteiger partial charge is 0.110 e. The maximum absolute atomic E-state index is 5.91. The molecule has 0 spiro atoms. The van der Waals surface area contributed by atoms with E-state index >= 15 is 0 Å². The van der Waals surface area contributed by atoms with Gasteiger partial charge in [-0.3, -0.25) is 4.98 Å². The van der Waals surface area contributed by atoms with Gasteiger partial charge in [-0.15, -0.1) is 0 Å². The lowest BCUT2D eigenvalue weighted by Gasteiger charge is -2.27. The van der Waals surface area contributed by atoms with Crippen LogP contribution in [0, 0.1) is 6.92 Å². The van der Waals surface area contributed by atoms with E-state index in [1.54, 1.807) is 0 Å². The second-order valence-corrected chi connectivity index (χ2v) is 8.30. The number of allylic oxidation sites excluding steroid dienone is 1. The topological polar surface area (TPSA) is 45.4 Å². The second-order valence-electron chi connectivity index (χ2n) is 8.30. The van der Waals surface area contributed by atoms with Crippen LogP contribution in [0.3, 0.4) is 0 Å². The molecule has 0 radical (unpaired) electrons. The molecule has 4 nitrogen and oxygen atoms in total. The first-order valence-electron chi connectivity index (χ1n) is 11.4. The summed E-state index contributed by atoms with van der Waals surface area (Å²) >= 11 is 0. The molecule has 4 rings (SSSR count). The number of nitrogens with two attached hydrogens (primary N) is 1. The van der Waals surface area contributed by atoms with Crippen LogP contribution < -0.4 is 10.6 Å². The highest BCUT2D eigenvalue weighted by Gasteiger charge is 2.27. The summed E-state index contributed by atoms with van der Waals surface area (Å²) < 4.78 is 0. The zero-order valence-electron chi connectivity index (χ0n) is 19.1. The molecule has 0 amide bonds. The van der Waals surface area contributed by atoms with Gasteiger partial charge in [0.25, 0.3) is 0 Å². The zero-order valence-corrected chi connectivity index (χ0v) is 19.1. The van der Waals surface area contributed by atoms with Gasteiger partial charge < -0.3 is 15.5 Å². The van der Waals surface area contributed by atoms with Gasteiger partial charge in [-0.1, -0.05) is 68.5 Å². The second kappa shape index (κ2) is 9.84. The van der Waals surface area contributed by atoms with Gasteiger partial charge in [-0.05, 0) is 48.6 Å². The highest BCUT2D eigenvalue weighted by Crippen LogP contribution is 2.35. The minimum absolute atomic E-state index is 0.507. The predicted molar refractivity (Wildman–Crippen MR) is 134 cm³/mol. The Morgan fingerprint density at radius 3 is 2.50 bits per heavy atom. The molecule has 1 aliphatic heterocycles. The van der Waals surface area contributed by atoms with E-state index < -0.39 is 0 Å². The van der Waals surface area contributed by atoms with Crippen molar-refractivity contribution >= 4 is 5.69 Å². The van der Waals surface area contributed by atoms with Crippen LogP contribution in [-0.2, 0) is 13.1 Å². The number of benzene rings is 2. The fraction of sp³-hybridized carbons (Fsp3) is 0.250. The van der Waals surface area contributed by atoms with E-state index in [2.05, 4.69) is 85.0 Å². The molecule has 2 N–H and O–H groups in total. The Labute approximate surface area is 191 Å². The average molecular weight is 425 g/mol. The average Bonchev–Trinajstić information content (AvgIpc) is 3.13. The molecule has 2 heterocycles. The Morgan fingerprint density at radius 2 is 1.78 bits per heavy atom. The van der Waals surface area contributed by atoms with Gasteiger partial charge in [0.1, 0.15) is 5.82 Å². The van der Waals surface area contributed by atoms with Gasteiger partial charge >= 0.3 is 0 Å². The lowest BCUT2D eigenvalue weighted by Crippen LogP contribution is -2.24. The van der Waals surface area contributed by atoms with Crippen molar-refractivity contribution < 1.29 is 0 Å². The Bertz CT molecular complexity index is 1110. The molecule has 0 unspecified atom stereocenters. The van der Waals surface area contributed by atoms with Crippen molar-refractivity contribution in [1.29, 1.82) is 0 Å². The van der Waals surface area contributed by atoms with Crippen LogP contribution in [-0.4, -0.2) is 9.88 Å². The first kappa shape index (κ1) is 21.8. The van der Waals surface area contributed by atoms with E-state index in [-0.39, 0.29) is 0 Å². The van der Waals surface area contributed by atoms with Gasteiger partial charge in [0, 0.05) is 35.9 Å². The third kappa shape index (κ3) is 4.46. The summed E-state index contributed by atoms with van der Waals surface area (Å²) in [6, 6.07) is 20.9. The van der Waals surface area contributed by atoms with Crippen LogP contribution in [0.2, 0.25) is 0 Å². The molecule has 0 fully saturated rings. The SMILES string of the molecule is C=C1N(Cc2ccc(-c3ccccc3CN)nc2)C(CCCC)=CN1c1ccccc1C. The molecule has 0 atom stereocenters. The van der Waals surface area contributed by atoms with Crippen molar-refractivity contribution in [2.75, 3.05) is 4.90 Å². The van der Waals surface area contributed by atoms with E-state index in [0.29, 0.717) is 6.54 Å². The largest absolute Gasteiger partial charge is 0.326 e. The van der Waals surface area contributed by atoms with E-state index in [0.717, 1.165) is 47.6 Å². The molecular weight excluding hydrogens is 392 g/mol. The van der Waals surface area contributed by atoms with Crippen molar-refractivity contribution in [2.24, 2.45) is 5.73 Å². The molecular formula is C28H32N4. The van der Waals surface area contributed by atoms with Crippen molar-refractivity contribution in [2.45, 2.75) is 46.2 Å². The summed E-state index contributed by atoms with van der Waals surface area (Å²) in [7, 11) is 0. The Hall–Kier alpha value is -3.37. The summed E-state index contributed by atoms with van der Waals surface area (Å²) in [5.74, 6) is 0.989. The number of aryl methyl sites for hydroxylation is 1. The van der Waals surface area contributed by atoms with Gasteiger partial charge in [0.2, 0.25) is 0 Å². The summed E-state index contributed by atoms with van der Waals surface area (Å²) in [5, 5.41) is 0. The van der Waals surface area contributed by atoms with Gasteiger partial charge in [-0.2, -0.15) is 0 Å². The molecule has 2 aromatic carbocycles. The molecule has 1 aliphatic rings. The summed E-state index contributed by atoms with van der Waals surface area (Å²) in [4.78, 5) is 9.31. The molecule has 1 aromatic heterocycles. The lowest BCUT2D eigenvalue weighted by atomic mass is 10.0. The van der Waals surface area contributed by atoms with E-state index in [9.17, 15) is 0 Å². The Balaban J connectivity index is 1.57. The van der Waals surface area contributed by atoms with Gasteiger partial charge in [0.15, 0.2) is 0 Å². The van der Waals surface area contributed by atoms with Crippen LogP contribution in [0.25, 0.3) is 11.3 Å². The fourth-order valence-electron chi connectivity index (χ4n) is 4.19. The molecule has 0 aliphatic carbocycles. The number of hydrogen-bond donors (Lipinski definition) is 1. The standard InChI is InChI=1S/C28H32N4/c1-4-5-12-25-20-32(28-14-9-6-10-21(28)2)22(3)31(25)19-23-15-16-27(30-18-23)26-13-8-7-11-24(26)17-29/h6-11,13-16,18,20H,3-5,12,17,19,29H2,1-2H3. The number of pyridine rings is 1. The highest BCUT2D eigenvalue weighted by atomic mass is 15.4. The third-order valence-electron chi connectivity index (χ3n) is 6.05. The summed E-state index contributed by atoms with van der Waals surface area (Å²) in [6.45, 7) is 10.1. The minimum Gasteiger partial charge on any atom is -0.326 e. The van der Waals surface area contributed by atoms with Crippen molar-refractivity contribution in [3.8, 4) is 11.3 Å². The predicted octanol–water partition coefficient (Wildman–Crippen LogP) is 6.34.